The first-order valence-electron chi connectivity index (χ1n) is 6.95. The van der Waals surface area contributed by atoms with Crippen LogP contribution in [0, 0.1) is 0 Å². The lowest BCUT2D eigenvalue weighted by molar-refractivity contribution is 0.131. The molecule has 0 radical (unpaired) electrons. The maximum Gasteiger partial charge on any atom is 0.407 e. The van der Waals surface area contributed by atoms with Crippen molar-refractivity contribution in [3.8, 4) is 5.69 Å². The molecule has 0 bridgehead atoms. The highest BCUT2D eigenvalue weighted by Crippen LogP contribution is 2.17. The molecule has 1 aromatic carbocycles. The standard InChI is InChI=1S/C15H18N4O4/c1-16-14(20)22-8-12-13(9-23-15(21)17-2)19(10-18-12)11-6-4-3-5-7-11/h3-7,10H,8-9H2,1-2H3,(H,16,20)(H,17,21). The van der Waals surface area contributed by atoms with Gasteiger partial charge in [-0.3, -0.25) is 4.57 Å². The zero-order chi connectivity index (χ0) is 16.7. The quantitative estimate of drug-likeness (QED) is 0.873. The fourth-order valence-corrected chi connectivity index (χ4v) is 1.91. The van der Waals surface area contributed by atoms with Crippen LogP contribution in [0.15, 0.2) is 36.7 Å². The van der Waals surface area contributed by atoms with Crippen molar-refractivity contribution in [1.29, 1.82) is 0 Å². The Kier molecular flexibility index (Phi) is 5.56. The first-order chi connectivity index (χ1) is 11.2. The fourth-order valence-electron chi connectivity index (χ4n) is 1.91. The van der Waals surface area contributed by atoms with Crippen molar-refractivity contribution in [2.75, 3.05) is 14.1 Å². The number of alkyl carbamates (subject to hydrolysis) is 2. The van der Waals surface area contributed by atoms with Crippen LogP contribution in [0.3, 0.4) is 0 Å². The Morgan fingerprint density at radius 1 is 1.04 bits per heavy atom. The second-order valence-electron chi connectivity index (χ2n) is 4.50. The van der Waals surface area contributed by atoms with Crippen molar-refractivity contribution in [2.24, 2.45) is 0 Å². The van der Waals surface area contributed by atoms with E-state index in [4.69, 9.17) is 9.47 Å². The van der Waals surface area contributed by atoms with Crippen molar-refractivity contribution in [1.82, 2.24) is 20.2 Å². The Labute approximate surface area is 133 Å². The lowest BCUT2D eigenvalue weighted by atomic mass is 10.3. The van der Waals surface area contributed by atoms with Crippen LogP contribution in [-0.2, 0) is 22.7 Å². The largest absolute Gasteiger partial charge is 0.443 e. The summed E-state index contributed by atoms with van der Waals surface area (Å²) in [6.07, 6.45) is 0.488. The Hall–Kier alpha value is -3.03. The van der Waals surface area contributed by atoms with Gasteiger partial charge in [-0.15, -0.1) is 0 Å². The Balaban J connectivity index is 2.25. The van der Waals surface area contributed by atoms with Crippen molar-refractivity contribution in [3.05, 3.63) is 48.0 Å². The number of carbonyl (C=O) groups excluding carboxylic acids is 2. The summed E-state index contributed by atoms with van der Waals surface area (Å²) in [5.41, 5.74) is 2.01. The summed E-state index contributed by atoms with van der Waals surface area (Å²) >= 11 is 0. The Morgan fingerprint density at radius 3 is 2.26 bits per heavy atom. The van der Waals surface area contributed by atoms with E-state index in [9.17, 15) is 9.59 Å². The summed E-state index contributed by atoms with van der Waals surface area (Å²) in [5.74, 6) is 0. The molecule has 0 saturated heterocycles. The molecule has 23 heavy (non-hydrogen) atoms. The summed E-state index contributed by atoms with van der Waals surface area (Å²) < 4.78 is 11.9. The number of hydrogen-bond donors (Lipinski definition) is 2. The molecule has 0 spiro atoms. The summed E-state index contributed by atoms with van der Waals surface area (Å²) in [5, 5.41) is 4.74. The smallest absolute Gasteiger partial charge is 0.407 e. The third-order valence-corrected chi connectivity index (χ3v) is 3.08. The third kappa shape index (κ3) is 4.22. The highest BCUT2D eigenvalue weighted by molar-refractivity contribution is 5.67. The zero-order valence-corrected chi connectivity index (χ0v) is 12.9. The van der Waals surface area contributed by atoms with Crippen LogP contribution in [0.5, 0.6) is 0 Å². The van der Waals surface area contributed by atoms with Gasteiger partial charge >= 0.3 is 12.2 Å². The number of nitrogens with zero attached hydrogens (tertiary/aromatic N) is 2. The summed E-state index contributed by atoms with van der Waals surface area (Å²) in [7, 11) is 2.95. The van der Waals surface area contributed by atoms with Gasteiger partial charge in [-0.25, -0.2) is 14.6 Å². The van der Waals surface area contributed by atoms with E-state index in [0.717, 1.165) is 5.69 Å². The van der Waals surface area contributed by atoms with Gasteiger partial charge in [0.05, 0.1) is 12.0 Å². The molecule has 2 rings (SSSR count). The number of ether oxygens (including phenoxy) is 2. The highest BCUT2D eigenvalue weighted by atomic mass is 16.6. The molecule has 1 heterocycles. The lowest BCUT2D eigenvalue weighted by Crippen LogP contribution is -2.21. The molecule has 0 aliphatic rings. The van der Waals surface area contributed by atoms with Crippen LogP contribution < -0.4 is 10.6 Å². The van der Waals surface area contributed by atoms with Crippen LogP contribution in [0.4, 0.5) is 9.59 Å². The Morgan fingerprint density at radius 2 is 1.65 bits per heavy atom. The predicted molar refractivity (Wildman–Crippen MR) is 82.1 cm³/mol. The molecule has 0 aliphatic heterocycles. The predicted octanol–water partition coefficient (Wildman–Crippen LogP) is 1.58. The van der Waals surface area contributed by atoms with Gasteiger partial charge in [0.25, 0.3) is 0 Å². The van der Waals surface area contributed by atoms with E-state index in [1.54, 1.807) is 10.9 Å². The van der Waals surface area contributed by atoms with E-state index in [-0.39, 0.29) is 13.2 Å². The molecule has 2 N–H and O–H groups in total. The third-order valence-electron chi connectivity index (χ3n) is 3.08. The number of benzene rings is 1. The van der Waals surface area contributed by atoms with E-state index in [2.05, 4.69) is 15.6 Å². The number of rotatable bonds is 5. The molecule has 0 fully saturated rings. The second kappa shape index (κ2) is 7.83. The van der Waals surface area contributed by atoms with Crippen molar-refractivity contribution >= 4 is 12.2 Å². The number of aromatic nitrogens is 2. The number of para-hydroxylation sites is 1. The number of amides is 2. The van der Waals surface area contributed by atoms with Crippen LogP contribution in [-0.4, -0.2) is 35.8 Å². The van der Waals surface area contributed by atoms with Crippen LogP contribution >= 0.6 is 0 Å². The van der Waals surface area contributed by atoms with Gasteiger partial charge in [0.15, 0.2) is 0 Å². The molecule has 8 nitrogen and oxygen atoms in total. The minimum Gasteiger partial charge on any atom is -0.443 e. The SMILES string of the molecule is CNC(=O)OCc1ncn(-c2ccccc2)c1COC(=O)NC. The van der Waals surface area contributed by atoms with E-state index < -0.39 is 12.2 Å². The van der Waals surface area contributed by atoms with Gasteiger partial charge in [0.2, 0.25) is 0 Å². The van der Waals surface area contributed by atoms with Crippen LogP contribution in [0.25, 0.3) is 5.69 Å². The van der Waals surface area contributed by atoms with Crippen molar-refractivity contribution in [3.63, 3.8) is 0 Å². The molecule has 0 saturated carbocycles. The summed E-state index contributed by atoms with van der Waals surface area (Å²) in [6, 6.07) is 9.47. The van der Waals surface area contributed by atoms with Gasteiger partial charge in [-0.2, -0.15) is 0 Å². The molecule has 0 unspecified atom stereocenters. The minimum atomic E-state index is -0.558. The van der Waals surface area contributed by atoms with Gasteiger partial charge < -0.3 is 20.1 Å². The molecular weight excluding hydrogens is 300 g/mol. The Bertz CT molecular complexity index is 669. The molecule has 0 atom stereocenters. The summed E-state index contributed by atoms with van der Waals surface area (Å²) in [6.45, 7) is -0.0209. The van der Waals surface area contributed by atoms with E-state index in [0.29, 0.717) is 11.4 Å². The topological polar surface area (TPSA) is 94.5 Å². The van der Waals surface area contributed by atoms with E-state index >= 15 is 0 Å². The summed E-state index contributed by atoms with van der Waals surface area (Å²) in [4.78, 5) is 26.8. The van der Waals surface area contributed by atoms with Crippen molar-refractivity contribution < 1.29 is 19.1 Å². The van der Waals surface area contributed by atoms with Crippen LogP contribution in [0.2, 0.25) is 0 Å². The zero-order valence-electron chi connectivity index (χ0n) is 12.9. The second-order valence-corrected chi connectivity index (χ2v) is 4.50. The fraction of sp³-hybridized carbons (Fsp3) is 0.267. The lowest BCUT2D eigenvalue weighted by Gasteiger charge is -2.11. The number of nitrogens with one attached hydrogen (secondary N) is 2. The first-order valence-corrected chi connectivity index (χ1v) is 6.95. The van der Waals surface area contributed by atoms with Gasteiger partial charge in [0, 0.05) is 19.8 Å². The molecule has 0 aliphatic carbocycles. The van der Waals surface area contributed by atoms with E-state index in [1.807, 2.05) is 30.3 Å². The molecule has 8 heteroatoms. The minimum absolute atomic E-state index is 0.000997. The molecular formula is C15H18N4O4. The monoisotopic (exact) mass is 318 g/mol. The van der Waals surface area contributed by atoms with E-state index in [1.165, 1.54) is 14.1 Å². The van der Waals surface area contributed by atoms with Crippen LogP contribution in [0.1, 0.15) is 11.4 Å². The molecule has 2 aromatic rings. The maximum atomic E-state index is 11.3. The number of carbonyl (C=O) groups is 2. The highest BCUT2D eigenvalue weighted by Gasteiger charge is 2.15. The number of hydrogen-bond acceptors (Lipinski definition) is 5. The van der Waals surface area contributed by atoms with Gasteiger partial charge in [0.1, 0.15) is 18.9 Å². The average Bonchev–Trinajstić information content (AvgIpc) is 3.01. The maximum absolute atomic E-state index is 11.3. The average molecular weight is 318 g/mol. The molecule has 1 aromatic heterocycles. The number of imidazole rings is 1. The van der Waals surface area contributed by atoms with Gasteiger partial charge in [-0.1, -0.05) is 18.2 Å². The van der Waals surface area contributed by atoms with Gasteiger partial charge in [-0.05, 0) is 12.1 Å². The van der Waals surface area contributed by atoms with Crippen molar-refractivity contribution in [2.45, 2.75) is 13.2 Å². The molecule has 122 valence electrons. The first kappa shape index (κ1) is 16.3. The normalized spacial score (nSPS) is 10.0. The molecule has 2 amide bonds.